The summed E-state index contributed by atoms with van der Waals surface area (Å²) in [5.74, 6) is -0.144. The van der Waals surface area contributed by atoms with E-state index in [0.29, 0.717) is 22.7 Å². The SMILES string of the molecule is Cc1oncc1C(=O)Nc1ccc(NC(=O)C(C)(C)N)cc1.Cl. The smallest absolute Gasteiger partial charge is 0.260 e. The number of aromatic nitrogens is 1. The van der Waals surface area contributed by atoms with E-state index >= 15 is 0 Å². The Hall–Kier alpha value is -2.38. The van der Waals surface area contributed by atoms with Gasteiger partial charge in [0.05, 0.1) is 11.7 Å². The summed E-state index contributed by atoms with van der Waals surface area (Å²) in [6, 6.07) is 6.72. The minimum atomic E-state index is -0.960. The highest BCUT2D eigenvalue weighted by Crippen LogP contribution is 2.16. The third-order valence-electron chi connectivity index (χ3n) is 2.98. The summed E-state index contributed by atoms with van der Waals surface area (Å²) in [5, 5.41) is 8.98. The summed E-state index contributed by atoms with van der Waals surface area (Å²) in [5.41, 5.74) is 6.32. The van der Waals surface area contributed by atoms with Crippen LogP contribution < -0.4 is 16.4 Å². The predicted octanol–water partition coefficient (Wildman–Crippen LogP) is 2.33. The molecule has 4 N–H and O–H groups in total. The number of carbonyl (C=O) groups excluding carboxylic acids is 2. The Morgan fingerprint density at radius 1 is 1.13 bits per heavy atom. The number of nitrogens with two attached hydrogens (primary N) is 1. The molecule has 7 nitrogen and oxygen atoms in total. The summed E-state index contributed by atoms with van der Waals surface area (Å²) in [6.07, 6.45) is 1.36. The van der Waals surface area contributed by atoms with Crippen molar-refractivity contribution in [2.24, 2.45) is 5.73 Å². The molecule has 0 bridgehead atoms. The van der Waals surface area contributed by atoms with E-state index in [1.165, 1.54) is 6.20 Å². The summed E-state index contributed by atoms with van der Waals surface area (Å²) in [6.45, 7) is 4.91. The fraction of sp³-hybridized carbons (Fsp3) is 0.267. The van der Waals surface area contributed by atoms with Gasteiger partial charge in [-0.1, -0.05) is 5.16 Å². The molecule has 124 valence electrons. The molecule has 1 aromatic carbocycles. The highest BCUT2D eigenvalue weighted by molar-refractivity contribution is 6.05. The minimum absolute atomic E-state index is 0. The van der Waals surface area contributed by atoms with E-state index in [0.717, 1.165) is 0 Å². The molecule has 1 aromatic heterocycles. The molecule has 0 spiro atoms. The van der Waals surface area contributed by atoms with E-state index in [-0.39, 0.29) is 24.2 Å². The van der Waals surface area contributed by atoms with Gasteiger partial charge in [0.1, 0.15) is 11.3 Å². The largest absolute Gasteiger partial charge is 0.361 e. The fourth-order valence-electron chi connectivity index (χ4n) is 1.64. The molecule has 8 heteroatoms. The van der Waals surface area contributed by atoms with E-state index in [9.17, 15) is 9.59 Å². The van der Waals surface area contributed by atoms with E-state index in [4.69, 9.17) is 10.3 Å². The first-order valence-corrected chi connectivity index (χ1v) is 6.70. The number of carbonyl (C=O) groups is 2. The van der Waals surface area contributed by atoms with Crippen LogP contribution in [0.2, 0.25) is 0 Å². The number of amides is 2. The molecule has 0 aliphatic heterocycles. The second-order valence-corrected chi connectivity index (χ2v) is 5.50. The van der Waals surface area contributed by atoms with Crippen LogP contribution in [0.3, 0.4) is 0 Å². The average molecular weight is 339 g/mol. The summed E-state index contributed by atoms with van der Waals surface area (Å²) >= 11 is 0. The molecule has 0 fully saturated rings. The maximum atomic E-state index is 12.0. The molecule has 2 amide bonds. The molecule has 0 aliphatic rings. The van der Waals surface area contributed by atoms with Gasteiger partial charge in [-0.2, -0.15) is 0 Å². The van der Waals surface area contributed by atoms with Crippen LogP contribution in [0.15, 0.2) is 35.0 Å². The summed E-state index contributed by atoms with van der Waals surface area (Å²) in [4.78, 5) is 23.8. The molecular weight excluding hydrogens is 320 g/mol. The Balaban J connectivity index is 0.00000264. The number of hydrogen-bond donors (Lipinski definition) is 3. The lowest BCUT2D eigenvalue weighted by Gasteiger charge is -2.17. The summed E-state index contributed by atoms with van der Waals surface area (Å²) < 4.78 is 4.85. The first-order valence-electron chi connectivity index (χ1n) is 6.70. The van der Waals surface area contributed by atoms with Gasteiger partial charge in [-0.3, -0.25) is 9.59 Å². The molecule has 0 atom stereocenters. The summed E-state index contributed by atoms with van der Waals surface area (Å²) in [7, 11) is 0. The molecule has 23 heavy (non-hydrogen) atoms. The first kappa shape index (κ1) is 18.7. The van der Waals surface area contributed by atoms with E-state index in [1.807, 2.05) is 0 Å². The number of nitrogens with zero attached hydrogens (tertiary/aromatic N) is 1. The van der Waals surface area contributed by atoms with Crippen LogP contribution in [0.1, 0.15) is 30.0 Å². The average Bonchev–Trinajstić information content (AvgIpc) is 2.86. The van der Waals surface area contributed by atoms with Crippen LogP contribution in [-0.4, -0.2) is 22.5 Å². The van der Waals surface area contributed by atoms with Gasteiger partial charge in [0, 0.05) is 11.4 Å². The Kier molecular flexibility index (Phi) is 5.89. The van der Waals surface area contributed by atoms with Gasteiger partial charge in [0.15, 0.2) is 0 Å². The van der Waals surface area contributed by atoms with Gasteiger partial charge < -0.3 is 20.9 Å². The number of anilines is 2. The van der Waals surface area contributed by atoms with Gasteiger partial charge in [-0.05, 0) is 45.0 Å². The van der Waals surface area contributed by atoms with Crippen molar-refractivity contribution >= 4 is 35.6 Å². The van der Waals surface area contributed by atoms with Crippen molar-refractivity contribution in [3.8, 4) is 0 Å². The van der Waals surface area contributed by atoms with Crippen LogP contribution in [-0.2, 0) is 4.79 Å². The van der Waals surface area contributed by atoms with Crippen LogP contribution in [0.4, 0.5) is 11.4 Å². The lowest BCUT2D eigenvalue weighted by molar-refractivity contribution is -0.120. The number of halogens is 1. The Bertz CT molecular complexity index is 689. The fourth-order valence-corrected chi connectivity index (χ4v) is 1.64. The van der Waals surface area contributed by atoms with Crippen molar-refractivity contribution in [1.29, 1.82) is 0 Å². The quantitative estimate of drug-likeness (QED) is 0.792. The van der Waals surface area contributed by atoms with Crippen LogP contribution in [0.25, 0.3) is 0 Å². The van der Waals surface area contributed by atoms with E-state index < -0.39 is 5.54 Å². The minimum Gasteiger partial charge on any atom is -0.361 e. The first-order chi connectivity index (χ1) is 10.3. The monoisotopic (exact) mass is 338 g/mol. The van der Waals surface area contributed by atoms with Gasteiger partial charge in [-0.25, -0.2) is 0 Å². The zero-order chi connectivity index (χ0) is 16.3. The standard InChI is InChI=1S/C15H18N4O3.ClH/c1-9-12(8-17-22-9)13(20)18-10-4-6-11(7-5-10)19-14(21)15(2,3)16;/h4-8H,16H2,1-3H3,(H,18,20)(H,19,21);1H. The molecule has 2 aromatic rings. The van der Waals surface area contributed by atoms with Crippen molar-refractivity contribution in [1.82, 2.24) is 5.16 Å². The second-order valence-electron chi connectivity index (χ2n) is 5.50. The highest BCUT2D eigenvalue weighted by atomic mass is 35.5. The molecule has 0 aliphatic carbocycles. The van der Waals surface area contributed by atoms with Crippen LogP contribution in [0.5, 0.6) is 0 Å². The Morgan fingerprint density at radius 3 is 2.09 bits per heavy atom. The third-order valence-corrected chi connectivity index (χ3v) is 2.98. The van der Waals surface area contributed by atoms with Crippen molar-refractivity contribution in [2.45, 2.75) is 26.3 Å². The van der Waals surface area contributed by atoms with Crippen molar-refractivity contribution in [2.75, 3.05) is 10.6 Å². The lowest BCUT2D eigenvalue weighted by Crippen LogP contribution is -2.45. The Labute approximate surface area is 140 Å². The zero-order valence-corrected chi connectivity index (χ0v) is 13.9. The number of rotatable bonds is 4. The van der Waals surface area contributed by atoms with Gasteiger partial charge in [0.25, 0.3) is 5.91 Å². The molecule has 0 saturated carbocycles. The molecule has 0 radical (unpaired) electrons. The molecule has 1 heterocycles. The number of aryl methyl sites for hydroxylation is 1. The number of hydrogen-bond acceptors (Lipinski definition) is 5. The maximum absolute atomic E-state index is 12.0. The third kappa shape index (κ3) is 4.80. The van der Waals surface area contributed by atoms with Crippen LogP contribution in [0, 0.1) is 6.92 Å². The topological polar surface area (TPSA) is 110 Å². The molecule has 0 saturated heterocycles. The Morgan fingerprint density at radius 2 is 1.65 bits per heavy atom. The van der Waals surface area contributed by atoms with Crippen LogP contribution >= 0.6 is 12.4 Å². The van der Waals surface area contributed by atoms with Crippen molar-refractivity contribution in [3.63, 3.8) is 0 Å². The van der Waals surface area contributed by atoms with Gasteiger partial charge >= 0.3 is 0 Å². The molecular formula is C15H19ClN4O3. The van der Waals surface area contributed by atoms with Crippen molar-refractivity contribution in [3.05, 3.63) is 41.8 Å². The van der Waals surface area contributed by atoms with Gasteiger partial charge in [0.2, 0.25) is 5.91 Å². The predicted molar refractivity (Wildman–Crippen MR) is 89.8 cm³/mol. The maximum Gasteiger partial charge on any atom is 0.260 e. The highest BCUT2D eigenvalue weighted by Gasteiger charge is 2.21. The van der Waals surface area contributed by atoms with Crippen molar-refractivity contribution < 1.29 is 14.1 Å². The van der Waals surface area contributed by atoms with E-state index in [2.05, 4.69) is 15.8 Å². The lowest BCUT2D eigenvalue weighted by atomic mass is 10.1. The molecule has 2 rings (SSSR count). The number of nitrogens with one attached hydrogen (secondary N) is 2. The molecule has 0 unspecified atom stereocenters. The van der Waals surface area contributed by atoms with E-state index in [1.54, 1.807) is 45.0 Å². The zero-order valence-electron chi connectivity index (χ0n) is 13.0. The second kappa shape index (κ2) is 7.26. The van der Waals surface area contributed by atoms with Gasteiger partial charge in [-0.15, -0.1) is 12.4 Å². The normalized spacial score (nSPS) is 10.6. The number of benzene rings is 1.